The van der Waals surface area contributed by atoms with Crippen molar-refractivity contribution in [3.05, 3.63) is 62.0 Å². The molecule has 23 heavy (non-hydrogen) atoms. The summed E-state index contributed by atoms with van der Waals surface area (Å²) in [6.45, 7) is 1.76. The van der Waals surface area contributed by atoms with E-state index in [-0.39, 0.29) is 17.8 Å². The molecule has 0 spiro atoms. The molecule has 0 aliphatic heterocycles. The number of hydrogen-bond acceptors (Lipinski definition) is 3. The largest absolute Gasteiger partial charge is 0.322 e. The molecular formula is C16H12BrFN2O2S. The van der Waals surface area contributed by atoms with E-state index >= 15 is 0 Å². The van der Waals surface area contributed by atoms with Crippen molar-refractivity contribution >= 4 is 48.9 Å². The van der Waals surface area contributed by atoms with Gasteiger partial charge in [0.1, 0.15) is 12.4 Å². The summed E-state index contributed by atoms with van der Waals surface area (Å²) < 4.78 is 16.5. The van der Waals surface area contributed by atoms with Gasteiger partial charge in [-0.25, -0.2) is 4.39 Å². The van der Waals surface area contributed by atoms with E-state index in [4.69, 9.17) is 0 Å². The maximum Gasteiger partial charge on any atom is 0.259 e. The van der Waals surface area contributed by atoms with Crippen molar-refractivity contribution in [3.8, 4) is 0 Å². The third-order valence-electron chi connectivity index (χ3n) is 3.30. The van der Waals surface area contributed by atoms with Gasteiger partial charge in [0, 0.05) is 20.2 Å². The first-order chi connectivity index (χ1) is 10.9. The second-order valence-corrected chi connectivity index (χ2v) is 7.26. The molecule has 4 nitrogen and oxygen atoms in total. The topological polar surface area (TPSA) is 51.1 Å². The number of thiophene rings is 1. The molecule has 0 aliphatic rings. The highest BCUT2D eigenvalue weighted by Crippen LogP contribution is 2.22. The molecule has 1 amide bonds. The molecule has 0 aliphatic carbocycles. The highest BCUT2D eigenvalue weighted by Gasteiger charge is 2.11. The van der Waals surface area contributed by atoms with Gasteiger partial charge in [-0.15, -0.1) is 11.3 Å². The number of carbonyl (C=O) groups excluding carboxylic acids is 1. The van der Waals surface area contributed by atoms with Gasteiger partial charge < -0.3 is 9.88 Å². The molecule has 7 heteroatoms. The number of halogens is 2. The Morgan fingerprint density at radius 2 is 2.13 bits per heavy atom. The third-order valence-corrected chi connectivity index (χ3v) is 4.81. The van der Waals surface area contributed by atoms with Gasteiger partial charge in [0.2, 0.25) is 5.91 Å². The molecule has 3 rings (SSSR count). The standard InChI is InChI=1S/C16H12BrFN2O2S/c1-9-6-11-14(23-9)4-5-20(16(11)22)8-15(21)19-13-3-2-10(17)7-12(13)18/h2-7H,8H2,1H3,(H,19,21). The van der Waals surface area contributed by atoms with E-state index in [0.29, 0.717) is 9.86 Å². The number of pyridine rings is 1. The van der Waals surface area contributed by atoms with E-state index in [0.717, 1.165) is 9.58 Å². The molecule has 0 atom stereocenters. The molecular weight excluding hydrogens is 383 g/mol. The summed E-state index contributed by atoms with van der Waals surface area (Å²) in [7, 11) is 0. The molecule has 0 radical (unpaired) electrons. The van der Waals surface area contributed by atoms with Crippen LogP contribution in [0.25, 0.3) is 10.1 Å². The molecule has 1 N–H and O–H groups in total. The van der Waals surface area contributed by atoms with Crippen LogP contribution < -0.4 is 10.9 Å². The Hall–Kier alpha value is -1.99. The van der Waals surface area contributed by atoms with Crippen LogP contribution >= 0.6 is 27.3 Å². The predicted octanol–water partition coefficient (Wildman–Crippen LogP) is 3.91. The van der Waals surface area contributed by atoms with Crippen LogP contribution in [-0.2, 0) is 11.3 Å². The molecule has 0 saturated carbocycles. The van der Waals surface area contributed by atoms with Gasteiger partial charge in [-0.3, -0.25) is 9.59 Å². The van der Waals surface area contributed by atoms with Crippen molar-refractivity contribution < 1.29 is 9.18 Å². The SMILES string of the molecule is Cc1cc2c(=O)n(CC(=O)Nc3ccc(Br)cc3F)ccc2s1. The van der Waals surface area contributed by atoms with Gasteiger partial charge in [-0.2, -0.15) is 0 Å². The molecule has 0 unspecified atom stereocenters. The zero-order chi connectivity index (χ0) is 16.6. The van der Waals surface area contributed by atoms with E-state index in [2.05, 4.69) is 21.2 Å². The van der Waals surface area contributed by atoms with Crippen molar-refractivity contribution in [1.82, 2.24) is 4.57 Å². The van der Waals surface area contributed by atoms with Crippen LogP contribution in [0.2, 0.25) is 0 Å². The Labute approximate surface area is 143 Å². The Balaban J connectivity index is 1.82. The Bertz CT molecular complexity index is 964. The smallest absolute Gasteiger partial charge is 0.259 e. The van der Waals surface area contributed by atoms with Crippen LogP contribution in [0.15, 0.2) is 45.8 Å². The quantitative estimate of drug-likeness (QED) is 0.731. The number of anilines is 1. The van der Waals surface area contributed by atoms with Gasteiger partial charge in [0.15, 0.2) is 0 Å². The van der Waals surface area contributed by atoms with Crippen molar-refractivity contribution in [3.63, 3.8) is 0 Å². The lowest BCUT2D eigenvalue weighted by Gasteiger charge is -2.08. The van der Waals surface area contributed by atoms with Crippen LogP contribution in [0.1, 0.15) is 4.88 Å². The Morgan fingerprint density at radius 1 is 1.35 bits per heavy atom. The van der Waals surface area contributed by atoms with Gasteiger partial charge >= 0.3 is 0 Å². The minimum atomic E-state index is -0.538. The maximum absolute atomic E-state index is 13.7. The van der Waals surface area contributed by atoms with Gasteiger partial charge in [-0.1, -0.05) is 15.9 Å². The average Bonchev–Trinajstić information content (AvgIpc) is 2.87. The summed E-state index contributed by atoms with van der Waals surface area (Å²) in [4.78, 5) is 25.5. The minimum absolute atomic E-state index is 0.0821. The van der Waals surface area contributed by atoms with E-state index in [1.807, 2.05) is 19.1 Å². The summed E-state index contributed by atoms with van der Waals surface area (Å²) >= 11 is 4.69. The summed E-state index contributed by atoms with van der Waals surface area (Å²) in [6.07, 6.45) is 1.58. The average molecular weight is 395 g/mol. The molecule has 0 bridgehead atoms. The summed E-state index contributed by atoms with van der Waals surface area (Å²) in [5.74, 6) is -0.997. The van der Waals surface area contributed by atoms with Crippen molar-refractivity contribution in [2.24, 2.45) is 0 Å². The lowest BCUT2D eigenvalue weighted by atomic mass is 10.3. The van der Waals surface area contributed by atoms with Crippen molar-refractivity contribution in [2.75, 3.05) is 5.32 Å². The number of nitrogens with zero attached hydrogens (tertiary/aromatic N) is 1. The number of benzene rings is 1. The fourth-order valence-electron chi connectivity index (χ4n) is 2.26. The van der Waals surface area contributed by atoms with Crippen LogP contribution in [0.3, 0.4) is 0 Å². The zero-order valence-corrected chi connectivity index (χ0v) is 14.5. The van der Waals surface area contributed by atoms with Crippen molar-refractivity contribution in [1.29, 1.82) is 0 Å². The number of amides is 1. The highest BCUT2D eigenvalue weighted by molar-refractivity contribution is 9.10. The first-order valence-electron chi connectivity index (χ1n) is 6.78. The number of fused-ring (bicyclic) bond motifs is 1. The lowest BCUT2D eigenvalue weighted by molar-refractivity contribution is -0.116. The highest BCUT2D eigenvalue weighted by atomic mass is 79.9. The fraction of sp³-hybridized carbons (Fsp3) is 0.125. The van der Waals surface area contributed by atoms with E-state index in [9.17, 15) is 14.0 Å². The minimum Gasteiger partial charge on any atom is -0.322 e. The van der Waals surface area contributed by atoms with E-state index < -0.39 is 11.7 Å². The normalized spacial score (nSPS) is 10.9. The predicted molar refractivity (Wildman–Crippen MR) is 93.6 cm³/mol. The number of aromatic nitrogens is 1. The summed E-state index contributed by atoms with van der Waals surface area (Å²) in [6, 6.07) is 7.98. The van der Waals surface area contributed by atoms with Crippen LogP contribution in [0, 0.1) is 12.7 Å². The van der Waals surface area contributed by atoms with Crippen molar-refractivity contribution in [2.45, 2.75) is 13.5 Å². The second kappa shape index (κ2) is 6.25. The Morgan fingerprint density at radius 3 is 2.87 bits per heavy atom. The summed E-state index contributed by atoms with van der Waals surface area (Å²) in [5.41, 5.74) is -0.142. The molecule has 3 aromatic rings. The molecule has 2 aromatic heterocycles. The summed E-state index contributed by atoms with van der Waals surface area (Å²) in [5, 5.41) is 3.07. The van der Waals surface area contributed by atoms with Gasteiger partial charge in [0.05, 0.1) is 11.1 Å². The molecule has 2 heterocycles. The van der Waals surface area contributed by atoms with E-state index in [1.54, 1.807) is 12.3 Å². The van der Waals surface area contributed by atoms with E-state index in [1.165, 1.54) is 28.0 Å². The van der Waals surface area contributed by atoms with Crippen LogP contribution in [-0.4, -0.2) is 10.5 Å². The first kappa shape index (κ1) is 15.9. The number of carbonyl (C=O) groups is 1. The fourth-order valence-corrected chi connectivity index (χ4v) is 3.50. The molecule has 0 fully saturated rings. The number of hydrogen-bond donors (Lipinski definition) is 1. The maximum atomic E-state index is 13.7. The van der Waals surface area contributed by atoms with Gasteiger partial charge in [0.25, 0.3) is 5.56 Å². The number of nitrogens with one attached hydrogen (secondary N) is 1. The third kappa shape index (κ3) is 3.35. The second-order valence-electron chi connectivity index (χ2n) is 5.06. The zero-order valence-electron chi connectivity index (χ0n) is 12.1. The number of rotatable bonds is 3. The number of aryl methyl sites for hydroxylation is 1. The monoisotopic (exact) mass is 394 g/mol. The van der Waals surface area contributed by atoms with Gasteiger partial charge in [-0.05, 0) is 37.3 Å². The molecule has 118 valence electrons. The molecule has 1 aromatic carbocycles. The molecule has 0 saturated heterocycles. The first-order valence-corrected chi connectivity index (χ1v) is 8.39. The van der Waals surface area contributed by atoms with Crippen LogP contribution in [0.4, 0.5) is 10.1 Å². The Kier molecular flexibility index (Phi) is 4.32. The lowest BCUT2D eigenvalue weighted by Crippen LogP contribution is -2.27. The van der Waals surface area contributed by atoms with Crippen LogP contribution in [0.5, 0.6) is 0 Å².